The molecule has 1 heterocycles. The van der Waals surface area contributed by atoms with Crippen molar-refractivity contribution in [3.8, 4) is 44.9 Å². The molecule has 1 aliphatic rings. The topological polar surface area (TPSA) is 21.3 Å². The van der Waals surface area contributed by atoms with Crippen LogP contribution in [0.2, 0.25) is 0 Å². The van der Waals surface area contributed by atoms with Gasteiger partial charge in [0.25, 0.3) is 0 Å². The SMILES string of the molecule is c1ccc(-c2ccc(Nc3ccc(-c4ccc5c(c4)Oc4cccc6cccc-5c46)cc3)cc2)cc1. The molecule has 2 nitrogen and oxygen atoms in total. The van der Waals surface area contributed by atoms with E-state index in [2.05, 4.69) is 127 Å². The van der Waals surface area contributed by atoms with E-state index in [4.69, 9.17) is 4.74 Å². The number of benzene rings is 6. The van der Waals surface area contributed by atoms with Gasteiger partial charge in [-0.15, -0.1) is 0 Å². The Kier molecular flexibility index (Phi) is 4.82. The zero-order chi connectivity index (χ0) is 23.9. The second kappa shape index (κ2) is 8.44. The van der Waals surface area contributed by atoms with E-state index in [1.807, 2.05) is 12.1 Å². The van der Waals surface area contributed by atoms with Gasteiger partial charge in [-0.1, -0.05) is 91.0 Å². The highest BCUT2D eigenvalue weighted by Gasteiger charge is 2.20. The van der Waals surface area contributed by atoms with E-state index in [1.54, 1.807) is 0 Å². The molecule has 0 spiro atoms. The van der Waals surface area contributed by atoms with Crippen molar-refractivity contribution >= 4 is 22.1 Å². The fraction of sp³-hybridized carbons (Fsp3) is 0. The van der Waals surface area contributed by atoms with Gasteiger partial charge in [0.05, 0.1) is 0 Å². The zero-order valence-electron chi connectivity index (χ0n) is 19.6. The standard InChI is InChI=1S/C34H23NO/c1-2-6-23(7-3-1)24-12-17-28(18-13-24)35-29-19-14-25(15-20-29)27-16-21-30-31-10-4-8-26-9-5-11-32(34(26)31)36-33(30)22-27/h1-22,35H. The fourth-order valence-electron chi connectivity index (χ4n) is 5.03. The maximum absolute atomic E-state index is 6.34. The van der Waals surface area contributed by atoms with E-state index in [0.29, 0.717) is 0 Å². The summed E-state index contributed by atoms with van der Waals surface area (Å²) in [5.74, 6) is 1.82. The van der Waals surface area contributed by atoms with Crippen LogP contribution in [0.4, 0.5) is 11.4 Å². The molecule has 0 aromatic heterocycles. The molecule has 0 aliphatic carbocycles. The highest BCUT2D eigenvalue weighted by atomic mass is 16.5. The van der Waals surface area contributed by atoms with E-state index in [1.165, 1.54) is 27.5 Å². The monoisotopic (exact) mass is 461 g/mol. The van der Waals surface area contributed by atoms with Gasteiger partial charge >= 0.3 is 0 Å². The quantitative estimate of drug-likeness (QED) is 0.282. The molecule has 1 aliphatic heterocycles. The van der Waals surface area contributed by atoms with Crippen molar-refractivity contribution in [1.29, 1.82) is 0 Å². The Hall–Kier alpha value is -4.82. The Bertz CT molecular complexity index is 1700. The Balaban J connectivity index is 1.13. The minimum absolute atomic E-state index is 0.902. The molecular formula is C34H23NO. The third-order valence-corrected chi connectivity index (χ3v) is 6.86. The molecule has 0 saturated heterocycles. The number of nitrogens with one attached hydrogen (secondary N) is 1. The summed E-state index contributed by atoms with van der Waals surface area (Å²) in [4.78, 5) is 0. The maximum Gasteiger partial charge on any atom is 0.135 e. The summed E-state index contributed by atoms with van der Waals surface area (Å²) in [6.45, 7) is 0. The molecule has 170 valence electrons. The van der Waals surface area contributed by atoms with Crippen LogP contribution in [0.25, 0.3) is 44.2 Å². The van der Waals surface area contributed by atoms with Crippen molar-refractivity contribution in [2.45, 2.75) is 0 Å². The molecule has 2 heteroatoms. The van der Waals surface area contributed by atoms with Crippen molar-refractivity contribution in [2.24, 2.45) is 0 Å². The minimum Gasteiger partial charge on any atom is -0.456 e. The summed E-state index contributed by atoms with van der Waals surface area (Å²) in [5.41, 5.74) is 9.22. The summed E-state index contributed by atoms with van der Waals surface area (Å²) < 4.78 is 6.34. The first-order chi connectivity index (χ1) is 17.8. The third-order valence-electron chi connectivity index (χ3n) is 6.86. The first-order valence-electron chi connectivity index (χ1n) is 12.2. The molecule has 0 bridgehead atoms. The van der Waals surface area contributed by atoms with Gasteiger partial charge in [0, 0.05) is 22.3 Å². The van der Waals surface area contributed by atoms with Crippen LogP contribution in [-0.4, -0.2) is 0 Å². The van der Waals surface area contributed by atoms with Crippen LogP contribution in [-0.2, 0) is 0 Å². The highest BCUT2D eigenvalue weighted by Crippen LogP contribution is 2.47. The number of hydrogen-bond donors (Lipinski definition) is 1. The van der Waals surface area contributed by atoms with Gasteiger partial charge in [0.1, 0.15) is 11.5 Å². The van der Waals surface area contributed by atoms with Crippen molar-refractivity contribution in [1.82, 2.24) is 0 Å². The highest BCUT2D eigenvalue weighted by molar-refractivity contribution is 6.04. The van der Waals surface area contributed by atoms with Gasteiger partial charge in [0.15, 0.2) is 0 Å². The van der Waals surface area contributed by atoms with Gasteiger partial charge in [-0.05, 0) is 75.7 Å². The van der Waals surface area contributed by atoms with Crippen LogP contribution < -0.4 is 10.1 Å². The molecule has 0 fully saturated rings. The summed E-state index contributed by atoms with van der Waals surface area (Å²) in [7, 11) is 0. The van der Waals surface area contributed by atoms with Crippen LogP contribution in [0.3, 0.4) is 0 Å². The maximum atomic E-state index is 6.34. The van der Waals surface area contributed by atoms with Crippen LogP contribution >= 0.6 is 0 Å². The smallest absolute Gasteiger partial charge is 0.135 e. The van der Waals surface area contributed by atoms with Crippen LogP contribution in [0.15, 0.2) is 133 Å². The van der Waals surface area contributed by atoms with Crippen molar-refractivity contribution in [3.05, 3.63) is 133 Å². The van der Waals surface area contributed by atoms with Gasteiger partial charge < -0.3 is 10.1 Å². The molecule has 0 saturated carbocycles. The average molecular weight is 462 g/mol. The summed E-state index contributed by atoms with van der Waals surface area (Å²) >= 11 is 0. The molecule has 6 aromatic rings. The van der Waals surface area contributed by atoms with E-state index in [9.17, 15) is 0 Å². The molecule has 0 atom stereocenters. The lowest BCUT2D eigenvalue weighted by atomic mass is 9.93. The van der Waals surface area contributed by atoms with Gasteiger partial charge in [0.2, 0.25) is 0 Å². The Morgan fingerprint density at radius 2 is 1.03 bits per heavy atom. The summed E-state index contributed by atoms with van der Waals surface area (Å²) in [6, 6.07) is 46.7. The van der Waals surface area contributed by atoms with E-state index in [0.717, 1.165) is 39.6 Å². The number of anilines is 2. The van der Waals surface area contributed by atoms with Crippen LogP contribution in [0.1, 0.15) is 0 Å². The second-order valence-corrected chi connectivity index (χ2v) is 9.12. The summed E-state index contributed by atoms with van der Waals surface area (Å²) in [5, 5.41) is 5.90. The van der Waals surface area contributed by atoms with Gasteiger partial charge in [-0.2, -0.15) is 0 Å². The summed E-state index contributed by atoms with van der Waals surface area (Å²) in [6.07, 6.45) is 0. The lowest BCUT2D eigenvalue weighted by molar-refractivity contribution is 0.487. The average Bonchev–Trinajstić information content (AvgIpc) is 2.94. The number of ether oxygens (including phenoxy) is 1. The molecule has 1 N–H and O–H groups in total. The van der Waals surface area contributed by atoms with E-state index >= 15 is 0 Å². The molecular weight excluding hydrogens is 438 g/mol. The predicted octanol–water partition coefficient (Wildman–Crippen LogP) is 9.69. The number of fused-ring (bicyclic) bond motifs is 2. The van der Waals surface area contributed by atoms with Crippen molar-refractivity contribution in [3.63, 3.8) is 0 Å². The van der Waals surface area contributed by atoms with Gasteiger partial charge in [-0.3, -0.25) is 0 Å². The van der Waals surface area contributed by atoms with Crippen LogP contribution in [0, 0.1) is 0 Å². The predicted molar refractivity (Wildman–Crippen MR) is 150 cm³/mol. The third kappa shape index (κ3) is 3.60. The van der Waals surface area contributed by atoms with E-state index < -0.39 is 0 Å². The molecule has 36 heavy (non-hydrogen) atoms. The normalized spacial score (nSPS) is 11.6. The van der Waals surface area contributed by atoms with Crippen LogP contribution in [0.5, 0.6) is 11.5 Å². The lowest BCUT2D eigenvalue weighted by Crippen LogP contribution is -1.97. The minimum atomic E-state index is 0.902. The molecule has 0 amide bonds. The zero-order valence-corrected chi connectivity index (χ0v) is 19.6. The molecule has 0 unspecified atom stereocenters. The first-order valence-corrected chi connectivity index (χ1v) is 12.2. The Morgan fingerprint density at radius 3 is 1.75 bits per heavy atom. The van der Waals surface area contributed by atoms with Crippen molar-refractivity contribution in [2.75, 3.05) is 5.32 Å². The Labute approximate surface area is 210 Å². The number of rotatable bonds is 4. The molecule has 6 aromatic carbocycles. The van der Waals surface area contributed by atoms with E-state index in [-0.39, 0.29) is 0 Å². The van der Waals surface area contributed by atoms with Gasteiger partial charge in [-0.25, -0.2) is 0 Å². The fourth-order valence-corrected chi connectivity index (χ4v) is 5.03. The molecule has 0 radical (unpaired) electrons. The lowest BCUT2D eigenvalue weighted by Gasteiger charge is -2.22. The molecule has 7 rings (SSSR count). The first kappa shape index (κ1) is 20.5. The largest absolute Gasteiger partial charge is 0.456 e. The Morgan fingerprint density at radius 1 is 0.417 bits per heavy atom. The number of hydrogen-bond acceptors (Lipinski definition) is 2. The van der Waals surface area contributed by atoms with Crippen molar-refractivity contribution < 1.29 is 4.74 Å². The second-order valence-electron chi connectivity index (χ2n) is 9.12.